The molecule has 1 saturated heterocycles. The minimum atomic E-state index is -0.952. The molecule has 2 aromatic rings. The average molecular weight is 442 g/mol. The number of aliphatic hydroxyl groups excluding tert-OH is 1. The minimum absolute atomic E-state index is 0.0542. The molecular weight excluding hydrogens is 414 g/mol. The molecule has 1 unspecified atom stereocenters. The minimum Gasteiger partial charge on any atom is -0.478 e. The number of likely N-dealkylation sites (tertiary alicyclic amines) is 1. The van der Waals surface area contributed by atoms with Gasteiger partial charge in [0.15, 0.2) is 0 Å². The highest BCUT2D eigenvalue weighted by Gasteiger charge is 2.31. The van der Waals surface area contributed by atoms with Crippen LogP contribution in [0.3, 0.4) is 0 Å². The van der Waals surface area contributed by atoms with Crippen LogP contribution in [-0.2, 0) is 16.6 Å². The summed E-state index contributed by atoms with van der Waals surface area (Å²) >= 11 is 5.97. The van der Waals surface area contributed by atoms with Crippen LogP contribution in [0.1, 0.15) is 48.2 Å². The fourth-order valence-electron chi connectivity index (χ4n) is 3.83. The van der Waals surface area contributed by atoms with Gasteiger partial charge >= 0.3 is 5.97 Å². The van der Waals surface area contributed by atoms with Gasteiger partial charge in [0.05, 0.1) is 17.7 Å². The number of carbonyl (C=O) groups excluding carboxylic acids is 1. The first kappa shape index (κ1) is 23.0. The first-order chi connectivity index (χ1) is 14.7. The van der Waals surface area contributed by atoms with E-state index < -0.39 is 17.5 Å². The van der Waals surface area contributed by atoms with Crippen LogP contribution in [0, 0.1) is 0 Å². The number of hydrogen-bond acceptors (Lipinski definition) is 3. The molecule has 3 rings (SSSR count). The van der Waals surface area contributed by atoms with Crippen LogP contribution < -0.4 is 0 Å². The number of aliphatic hydroxyl groups is 1. The van der Waals surface area contributed by atoms with Crippen molar-refractivity contribution in [2.75, 3.05) is 6.54 Å². The van der Waals surface area contributed by atoms with Crippen LogP contribution in [0.4, 0.5) is 0 Å². The number of halogens is 1. The Labute approximate surface area is 188 Å². The Bertz CT molecular complexity index is 950. The number of nitrogens with zero attached hydrogens (tertiary/aromatic N) is 1. The van der Waals surface area contributed by atoms with Crippen molar-refractivity contribution in [1.29, 1.82) is 0 Å². The van der Waals surface area contributed by atoms with Crippen molar-refractivity contribution in [3.8, 4) is 0 Å². The molecule has 0 spiro atoms. The predicted molar refractivity (Wildman–Crippen MR) is 121 cm³/mol. The molecule has 31 heavy (non-hydrogen) atoms. The number of benzene rings is 2. The van der Waals surface area contributed by atoms with Crippen molar-refractivity contribution in [3.63, 3.8) is 0 Å². The summed E-state index contributed by atoms with van der Waals surface area (Å²) in [5.41, 5.74) is 1.72. The molecule has 2 aromatic carbocycles. The van der Waals surface area contributed by atoms with E-state index in [1.165, 1.54) is 0 Å². The summed E-state index contributed by atoms with van der Waals surface area (Å²) < 4.78 is 0. The number of carboxylic acids is 1. The van der Waals surface area contributed by atoms with Crippen LogP contribution in [0.25, 0.3) is 0 Å². The van der Waals surface area contributed by atoms with Crippen LogP contribution in [-0.4, -0.2) is 45.7 Å². The van der Waals surface area contributed by atoms with E-state index in [4.69, 9.17) is 16.7 Å². The van der Waals surface area contributed by atoms with E-state index in [1.807, 2.05) is 49.1 Å². The summed E-state index contributed by atoms with van der Waals surface area (Å²) in [6.07, 6.45) is 4.86. The predicted octanol–water partition coefficient (Wildman–Crippen LogP) is 4.47. The topological polar surface area (TPSA) is 77.8 Å². The second kappa shape index (κ2) is 9.67. The fraction of sp³-hybridized carbons (Fsp3) is 0.360. The highest BCUT2D eigenvalue weighted by atomic mass is 35.5. The van der Waals surface area contributed by atoms with Crippen LogP contribution in [0.15, 0.2) is 60.7 Å². The van der Waals surface area contributed by atoms with E-state index in [0.717, 1.165) is 17.5 Å². The zero-order valence-corrected chi connectivity index (χ0v) is 18.5. The van der Waals surface area contributed by atoms with Crippen LogP contribution in [0.2, 0.25) is 5.02 Å². The van der Waals surface area contributed by atoms with Crippen molar-refractivity contribution >= 4 is 23.5 Å². The molecule has 1 aliphatic rings. The molecule has 164 valence electrons. The summed E-state index contributed by atoms with van der Waals surface area (Å²) in [6.45, 7) is 4.50. The van der Waals surface area contributed by atoms with E-state index in [0.29, 0.717) is 24.4 Å². The molecule has 1 heterocycles. The lowest BCUT2D eigenvalue weighted by atomic mass is 9.79. The molecule has 2 N–H and O–H groups in total. The maximum atomic E-state index is 12.4. The third-order valence-electron chi connectivity index (χ3n) is 6.06. The average Bonchev–Trinajstić information content (AvgIpc) is 3.10. The fourth-order valence-corrected chi connectivity index (χ4v) is 3.96. The standard InChI is InChI=1S/C25H28ClNO4/c1-25(2,19-7-9-20(26)10-8-19)22(28)13-11-21-12-14-23(29)27(21)16-15-17-3-5-18(6-4-17)24(30)31/h3-11,13,21-22,28H,12,14-16H2,1-2H3,(H,30,31)/t21-,22?/m0/s1. The number of carbonyl (C=O) groups is 2. The number of aromatic carboxylic acids is 1. The van der Waals surface area contributed by atoms with Crippen LogP contribution in [0.5, 0.6) is 0 Å². The molecule has 1 aliphatic heterocycles. The normalized spacial score (nSPS) is 18.0. The van der Waals surface area contributed by atoms with Crippen LogP contribution >= 0.6 is 11.6 Å². The van der Waals surface area contributed by atoms with E-state index >= 15 is 0 Å². The smallest absolute Gasteiger partial charge is 0.335 e. The van der Waals surface area contributed by atoms with E-state index in [9.17, 15) is 14.7 Å². The first-order valence-electron chi connectivity index (χ1n) is 10.4. The Morgan fingerprint density at radius 2 is 1.84 bits per heavy atom. The Balaban J connectivity index is 1.64. The summed E-state index contributed by atoms with van der Waals surface area (Å²) in [4.78, 5) is 25.2. The Hall–Kier alpha value is -2.63. The Kier molecular flexibility index (Phi) is 7.19. The van der Waals surface area contributed by atoms with Crippen molar-refractivity contribution < 1.29 is 19.8 Å². The lowest BCUT2D eigenvalue weighted by Crippen LogP contribution is -2.35. The van der Waals surface area contributed by atoms with Gasteiger partial charge in [0.1, 0.15) is 0 Å². The number of rotatable bonds is 8. The SMILES string of the molecule is CC(C)(c1ccc(Cl)cc1)C(O)C=C[C@H]1CCC(=O)N1CCc1ccc(C(=O)O)cc1. The maximum absolute atomic E-state index is 12.4. The highest BCUT2D eigenvalue weighted by Crippen LogP contribution is 2.30. The molecule has 0 radical (unpaired) electrons. The van der Waals surface area contributed by atoms with Gasteiger partial charge in [-0.05, 0) is 48.2 Å². The summed E-state index contributed by atoms with van der Waals surface area (Å²) in [6, 6.07) is 14.1. The zero-order valence-electron chi connectivity index (χ0n) is 17.8. The Morgan fingerprint density at radius 1 is 1.19 bits per heavy atom. The van der Waals surface area contributed by atoms with Crippen molar-refractivity contribution in [2.45, 2.75) is 50.7 Å². The monoisotopic (exact) mass is 441 g/mol. The molecule has 0 aromatic heterocycles. The number of hydrogen-bond donors (Lipinski definition) is 2. The molecule has 1 fully saturated rings. The van der Waals surface area contributed by atoms with Gasteiger partial charge in [-0.15, -0.1) is 0 Å². The largest absolute Gasteiger partial charge is 0.478 e. The van der Waals surface area contributed by atoms with Gasteiger partial charge in [0.2, 0.25) is 5.91 Å². The van der Waals surface area contributed by atoms with Gasteiger partial charge < -0.3 is 15.1 Å². The molecule has 0 aliphatic carbocycles. The summed E-state index contributed by atoms with van der Waals surface area (Å²) in [5, 5.41) is 20.5. The summed E-state index contributed by atoms with van der Waals surface area (Å²) in [7, 11) is 0. The third kappa shape index (κ3) is 5.54. The molecular formula is C25H28ClNO4. The van der Waals surface area contributed by atoms with Gasteiger partial charge in [-0.2, -0.15) is 0 Å². The molecule has 0 saturated carbocycles. The number of amides is 1. The molecule has 1 amide bonds. The zero-order chi connectivity index (χ0) is 22.6. The highest BCUT2D eigenvalue weighted by molar-refractivity contribution is 6.30. The van der Waals surface area contributed by atoms with E-state index in [-0.39, 0.29) is 17.5 Å². The van der Waals surface area contributed by atoms with Gasteiger partial charge in [0.25, 0.3) is 0 Å². The molecule has 2 atom stereocenters. The quantitative estimate of drug-likeness (QED) is 0.592. The molecule has 6 heteroatoms. The van der Waals surface area contributed by atoms with E-state index in [2.05, 4.69) is 0 Å². The molecule has 0 bridgehead atoms. The molecule has 5 nitrogen and oxygen atoms in total. The summed E-state index contributed by atoms with van der Waals surface area (Å²) in [5.74, 6) is -0.852. The van der Waals surface area contributed by atoms with Crippen molar-refractivity contribution in [3.05, 3.63) is 82.4 Å². The van der Waals surface area contributed by atoms with Gasteiger partial charge in [-0.1, -0.05) is 61.9 Å². The Morgan fingerprint density at radius 3 is 2.45 bits per heavy atom. The van der Waals surface area contributed by atoms with Crippen molar-refractivity contribution in [2.24, 2.45) is 0 Å². The van der Waals surface area contributed by atoms with Crippen molar-refractivity contribution in [1.82, 2.24) is 4.90 Å². The van der Waals surface area contributed by atoms with E-state index in [1.54, 1.807) is 30.3 Å². The number of carboxylic acid groups (broad SMARTS) is 1. The van der Waals surface area contributed by atoms with Gasteiger partial charge in [-0.25, -0.2) is 4.79 Å². The second-order valence-electron chi connectivity index (χ2n) is 8.50. The third-order valence-corrected chi connectivity index (χ3v) is 6.31. The maximum Gasteiger partial charge on any atom is 0.335 e. The second-order valence-corrected chi connectivity index (χ2v) is 8.94. The van der Waals surface area contributed by atoms with Gasteiger partial charge in [-0.3, -0.25) is 4.79 Å². The first-order valence-corrected chi connectivity index (χ1v) is 10.8. The lowest BCUT2D eigenvalue weighted by molar-refractivity contribution is -0.128. The van der Waals surface area contributed by atoms with Gasteiger partial charge in [0, 0.05) is 23.4 Å². The lowest BCUT2D eigenvalue weighted by Gasteiger charge is -2.30.